The van der Waals surface area contributed by atoms with Crippen LogP contribution in [0.2, 0.25) is 0 Å². The molecule has 0 radical (unpaired) electrons. The van der Waals surface area contributed by atoms with Crippen molar-refractivity contribution >= 4 is 22.8 Å². The van der Waals surface area contributed by atoms with Crippen molar-refractivity contribution in [3.63, 3.8) is 0 Å². The molecule has 3 aromatic rings. The maximum atomic E-state index is 13.7. The van der Waals surface area contributed by atoms with E-state index >= 15 is 0 Å². The summed E-state index contributed by atoms with van der Waals surface area (Å²) in [6.45, 7) is 6.05. The molecule has 0 aliphatic carbocycles. The Kier molecular flexibility index (Phi) is 6.06. The summed E-state index contributed by atoms with van der Waals surface area (Å²) in [6.07, 6.45) is 2.60. The van der Waals surface area contributed by atoms with E-state index in [9.17, 15) is 14.4 Å². The van der Waals surface area contributed by atoms with E-state index in [1.807, 2.05) is 25.1 Å². The molecular formula is C28H30N2O6. The molecule has 1 atom stereocenters. The smallest absolute Gasteiger partial charge is 0.355 e. The van der Waals surface area contributed by atoms with E-state index in [0.29, 0.717) is 35.5 Å². The molecule has 8 nitrogen and oxygen atoms in total. The van der Waals surface area contributed by atoms with Crippen molar-refractivity contribution in [3.8, 4) is 17.1 Å². The summed E-state index contributed by atoms with van der Waals surface area (Å²) in [5, 5.41) is 0.993. The van der Waals surface area contributed by atoms with Crippen LogP contribution in [-0.4, -0.2) is 28.6 Å². The van der Waals surface area contributed by atoms with Gasteiger partial charge in [0.05, 0.1) is 36.1 Å². The average Bonchev–Trinajstić information content (AvgIpc) is 3.26. The third kappa shape index (κ3) is 3.50. The minimum Gasteiger partial charge on any atom is -0.497 e. The Morgan fingerprint density at radius 3 is 2.67 bits per heavy atom. The predicted molar refractivity (Wildman–Crippen MR) is 134 cm³/mol. The lowest BCUT2D eigenvalue weighted by atomic mass is 9.85. The van der Waals surface area contributed by atoms with Crippen LogP contribution in [-0.2, 0) is 44.2 Å². The lowest BCUT2D eigenvalue weighted by Gasteiger charge is -2.35. The zero-order chi connectivity index (χ0) is 25.6. The predicted octanol–water partition coefficient (Wildman–Crippen LogP) is 4.39. The van der Waals surface area contributed by atoms with Gasteiger partial charge in [-0.1, -0.05) is 27.2 Å². The van der Waals surface area contributed by atoms with Gasteiger partial charge >= 0.3 is 11.9 Å². The van der Waals surface area contributed by atoms with E-state index < -0.39 is 17.5 Å². The van der Waals surface area contributed by atoms with Gasteiger partial charge in [0.2, 0.25) is 5.60 Å². The van der Waals surface area contributed by atoms with Crippen molar-refractivity contribution < 1.29 is 23.8 Å². The molecule has 1 aromatic carbocycles. The molecular weight excluding hydrogens is 460 g/mol. The van der Waals surface area contributed by atoms with E-state index in [4.69, 9.17) is 19.2 Å². The molecule has 188 valence electrons. The number of hydrogen-bond acceptors (Lipinski definition) is 7. The number of ether oxygens (including phenoxy) is 3. The lowest BCUT2D eigenvalue weighted by Crippen LogP contribution is -2.47. The van der Waals surface area contributed by atoms with E-state index in [1.54, 1.807) is 24.7 Å². The van der Waals surface area contributed by atoms with Gasteiger partial charge in [0.15, 0.2) is 0 Å². The number of carbonyl (C=O) groups excluding carboxylic acids is 2. The summed E-state index contributed by atoms with van der Waals surface area (Å²) in [4.78, 5) is 44.4. The molecule has 0 fully saturated rings. The van der Waals surface area contributed by atoms with Crippen LogP contribution in [0.25, 0.3) is 22.3 Å². The van der Waals surface area contributed by atoms with Crippen LogP contribution in [0.3, 0.4) is 0 Å². The Balaban J connectivity index is 1.72. The minimum absolute atomic E-state index is 0.148. The number of nitrogens with zero attached hydrogens (tertiary/aromatic N) is 2. The second kappa shape index (κ2) is 9.08. The van der Waals surface area contributed by atoms with E-state index in [0.717, 1.165) is 40.6 Å². The molecule has 36 heavy (non-hydrogen) atoms. The summed E-state index contributed by atoms with van der Waals surface area (Å²) in [6, 6.07) is 7.56. The standard InChI is InChI=1S/C28H30N2O6/c1-5-8-9-24(31)36-28(7-3)21-13-23-25-19(14-30(23)26(32)20(21)15-35-27(28)33)17(6-2)18-12-16(34-4)10-11-22(18)29-25/h10-13H,5-9,14-15H2,1-4H3/t28-/m0/s1. The number of aromatic nitrogens is 2. The SMILES string of the molecule is CCCCC(=O)O[C@]1(CC)C(=O)OCc2c1cc1n(c2=O)Cc2c-1nc1ccc(OC)cc1c2CC. The zero-order valence-corrected chi connectivity index (χ0v) is 21.1. The van der Waals surface area contributed by atoms with Gasteiger partial charge in [0.25, 0.3) is 5.56 Å². The highest BCUT2D eigenvalue weighted by Gasteiger charge is 2.50. The number of unbranched alkanes of at least 4 members (excludes halogenated alkanes) is 1. The van der Waals surface area contributed by atoms with Gasteiger partial charge in [-0.25, -0.2) is 9.78 Å². The molecule has 0 saturated heterocycles. The molecule has 0 saturated carbocycles. The molecule has 4 heterocycles. The number of methoxy groups -OCH3 is 1. The number of rotatable bonds is 7. The normalized spacial score (nSPS) is 17.8. The van der Waals surface area contributed by atoms with Crippen molar-refractivity contribution in [3.05, 3.63) is 56.9 Å². The second-order valence-corrected chi connectivity index (χ2v) is 9.30. The molecule has 2 aromatic heterocycles. The van der Waals surface area contributed by atoms with Gasteiger partial charge in [-0.2, -0.15) is 0 Å². The van der Waals surface area contributed by atoms with Crippen molar-refractivity contribution in [1.29, 1.82) is 0 Å². The fraction of sp³-hybridized carbons (Fsp3) is 0.429. The fourth-order valence-corrected chi connectivity index (χ4v) is 5.40. The maximum Gasteiger partial charge on any atom is 0.355 e. The molecule has 2 aliphatic heterocycles. The topological polar surface area (TPSA) is 96.7 Å². The quantitative estimate of drug-likeness (QED) is 0.355. The number of cyclic esters (lactones) is 1. The Hall–Kier alpha value is -3.68. The first-order valence-corrected chi connectivity index (χ1v) is 12.5. The largest absolute Gasteiger partial charge is 0.497 e. The summed E-state index contributed by atoms with van der Waals surface area (Å²) in [5.41, 5.74) is 3.08. The van der Waals surface area contributed by atoms with Crippen LogP contribution < -0.4 is 10.3 Å². The van der Waals surface area contributed by atoms with Gasteiger partial charge in [0, 0.05) is 22.9 Å². The molecule has 8 heteroatoms. The number of hydrogen-bond donors (Lipinski definition) is 0. The van der Waals surface area contributed by atoms with Crippen molar-refractivity contribution in [1.82, 2.24) is 9.55 Å². The van der Waals surface area contributed by atoms with Crippen LogP contribution >= 0.6 is 0 Å². The minimum atomic E-state index is -1.65. The Morgan fingerprint density at radius 2 is 1.97 bits per heavy atom. The van der Waals surface area contributed by atoms with Crippen LogP contribution in [0.4, 0.5) is 0 Å². The van der Waals surface area contributed by atoms with Crippen molar-refractivity contribution in [2.45, 2.75) is 71.6 Å². The van der Waals surface area contributed by atoms with Crippen molar-refractivity contribution in [2.24, 2.45) is 0 Å². The highest BCUT2D eigenvalue weighted by Crippen LogP contribution is 2.42. The summed E-state index contributed by atoms with van der Waals surface area (Å²) in [7, 11) is 1.63. The molecule has 0 N–H and O–H groups in total. The van der Waals surface area contributed by atoms with E-state index in [1.165, 1.54) is 0 Å². The number of esters is 2. The third-order valence-electron chi connectivity index (χ3n) is 7.36. The fourth-order valence-electron chi connectivity index (χ4n) is 5.40. The lowest BCUT2D eigenvalue weighted by molar-refractivity contribution is -0.189. The summed E-state index contributed by atoms with van der Waals surface area (Å²) in [5.74, 6) is -0.371. The molecule has 5 rings (SSSR count). The first-order valence-electron chi connectivity index (χ1n) is 12.5. The number of aryl methyl sites for hydroxylation is 1. The van der Waals surface area contributed by atoms with Crippen LogP contribution in [0.15, 0.2) is 29.1 Å². The molecule has 0 bridgehead atoms. The molecule has 0 unspecified atom stereocenters. The van der Waals surface area contributed by atoms with E-state index in [-0.39, 0.29) is 25.0 Å². The monoisotopic (exact) mass is 490 g/mol. The van der Waals surface area contributed by atoms with Gasteiger partial charge in [-0.3, -0.25) is 9.59 Å². The second-order valence-electron chi connectivity index (χ2n) is 9.30. The molecule has 0 amide bonds. The number of pyridine rings is 2. The summed E-state index contributed by atoms with van der Waals surface area (Å²) >= 11 is 0. The highest BCUT2D eigenvalue weighted by molar-refractivity contribution is 5.90. The first-order chi connectivity index (χ1) is 17.4. The molecule has 0 spiro atoms. The van der Waals surface area contributed by atoms with Crippen molar-refractivity contribution in [2.75, 3.05) is 7.11 Å². The number of fused-ring (bicyclic) bond motifs is 5. The summed E-state index contributed by atoms with van der Waals surface area (Å²) < 4.78 is 18.3. The van der Waals surface area contributed by atoms with Gasteiger partial charge in [-0.05, 0) is 49.1 Å². The van der Waals surface area contributed by atoms with Crippen LogP contribution in [0.1, 0.15) is 68.7 Å². The van der Waals surface area contributed by atoms with Gasteiger partial charge in [-0.15, -0.1) is 0 Å². The maximum absolute atomic E-state index is 13.7. The van der Waals surface area contributed by atoms with Gasteiger partial charge < -0.3 is 18.8 Å². The van der Waals surface area contributed by atoms with Gasteiger partial charge in [0.1, 0.15) is 12.4 Å². The number of carbonyl (C=O) groups is 2. The third-order valence-corrected chi connectivity index (χ3v) is 7.36. The first kappa shape index (κ1) is 24.0. The Bertz CT molecular complexity index is 1460. The Labute approximate surface area is 209 Å². The zero-order valence-electron chi connectivity index (χ0n) is 21.1. The molecule has 2 aliphatic rings. The average molecular weight is 491 g/mol. The number of benzene rings is 1. The van der Waals surface area contributed by atoms with Crippen LogP contribution in [0.5, 0.6) is 5.75 Å². The Morgan fingerprint density at radius 1 is 1.17 bits per heavy atom. The van der Waals surface area contributed by atoms with Crippen LogP contribution in [0, 0.1) is 0 Å². The highest BCUT2D eigenvalue weighted by atomic mass is 16.6. The van der Waals surface area contributed by atoms with E-state index in [2.05, 4.69) is 6.92 Å².